The molecule has 0 radical (unpaired) electrons. The highest BCUT2D eigenvalue weighted by Gasteiger charge is 2.12. The number of carbonyl (C=O) groups is 1. The minimum Gasteiger partial charge on any atom is -0.338 e. The van der Waals surface area contributed by atoms with Gasteiger partial charge in [0.1, 0.15) is 5.52 Å². The number of carbonyl (C=O) groups excluding carboxylic acids is 1. The van der Waals surface area contributed by atoms with E-state index in [1.54, 1.807) is 12.5 Å². The summed E-state index contributed by atoms with van der Waals surface area (Å²) in [6.07, 6.45) is 3.54. The summed E-state index contributed by atoms with van der Waals surface area (Å²) >= 11 is 0. The average Bonchev–Trinajstić information content (AvgIpc) is 3.08. The zero-order valence-corrected chi connectivity index (χ0v) is 14.9. The van der Waals surface area contributed by atoms with Gasteiger partial charge in [0.2, 0.25) is 5.91 Å². The van der Waals surface area contributed by atoms with E-state index in [1.807, 2.05) is 28.7 Å². The molecule has 0 unspecified atom stereocenters. The Morgan fingerprint density at radius 2 is 1.85 bits per heavy atom. The van der Waals surface area contributed by atoms with E-state index < -0.39 is 0 Å². The number of hydrogen-bond donors (Lipinski definition) is 2. The first-order valence-corrected chi connectivity index (χ1v) is 8.39. The van der Waals surface area contributed by atoms with Gasteiger partial charge in [-0.15, -0.1) is 0 Å². The minimum absolute atomic E-state index is 0.104. The van der Waals surface area contributed by atoms with Gasteiger partial charge in [0.15, 0.2) is 5.82 Å². The van der Waals surface area contributed by atoms with E-state index in [9.17, 15) is 4.79 Å². The van der Waals surface area contributed by atoms with Crippen LogP contribution >= 0.6 is 0 Å². The van der Waals surface area contributed by atoms with Crippen molar-refractivity contribution >= 4 is 39.6 Å². The van der Waals surface area contributed by atoms with Crippen molar-refractivity contribution in [2.24, 2.45) is 0 Å². The van der Waals surface area contributed by atoms with Crippen LogP contribution < -0.4 is 10.6 Å². The SMILES string of the molecule is CC(=O)Nc1ccc2nc(Nc3c(C)cccc3C)c3cncn3c2c1. The Labute approximate surface area is 150 Å². The Kier molecular flexibility index (Phi) is 3.80. The highest BCUT2D eigenvalue weighted by Crippen LogP contribution is 2.29. The maximum atomic E-state index is 11.3. The summed E-state index contributed by atoms with van der Waals surface area (Å²) in [6, 6.07) is 11.8. The van der Waals surface area contributed by atoms with Gasteiger partial charge in [0, 0.05) is 18.3 Å². The van der Waals surface area contributed by atoms with Gasteiger partial charge in [0.25, 0.3) is 0 Å². The second kappa shape index (κ2) is 6.15. The highest BCUT2D eigenvalue weighted by atomic mass is 16.1. The van der Waals surface area contributed by atoms with Gasteiger partial charge in [-0.1, -0.05) is 18.2 Å². The van der Waals surface area contributed by atoms with Gasteiger partial charge in [-0.2, -0.15) is 0 Å². The molecule has 26 heavy (non-hydrogen) atoms. The van der Waals surface area contributed by atoms with Crippen LogP contribution in [0.1, 0.15) is 18.1 Å². The number of benzene rings is 2. The molecular weight excluding hydrogens is 326 g/mol. The van der Waals surface area contributed by atoms with Crippen LogP contribution in [-0.2, 0) is 4.79 Å². The van der Waals surface area contributed by atoms with E-state index in [2.05, 4.69) is 41.6 Å². The lowest BCUT2D eigenvalue weighted by molar-refractivity contribution is -0.114. The first-order chi connectivity index (χ1) is 12.5. The average molecular weight is 345 g/mol. The van der Waals surface area contributed by atoms with Crippen LogP contribution in [0.15, 0.2) is 48.9 Å². The number of fused-ring (bicyclic) bond motifs is 3. The van der Waals surface area contributed by atoms with Gasteiger partial charge in [0.05, 0.1) is 23.6 Å². The maximum absolute atomic E-state index is 11.3. The molecule has 6 heteroatoms. The van der Waals surface area contributed by atoms with Gasteiger partial charge < -0.3 is 10.6 Å². The fraction of sp³-hybridized carbons (Fsp3) is 0.150. The minimum atomic E-state index is -0.104. The molecule has 0 fully saturated rings. The van der Waals surface area contributed by atoms with Crippen LogP contribution in [0.4, 0.5) is 17.2 Å². The van der Waals surface area contributed by atoms with E-state index >= 15 is 0 Å². The van der Waals surface area contributed by atoms with Crippen molar-refractivity contribution in [3.63, 3.8) is 0 Å². The third-order valence-electron chi connectivity index (χ3n) is 4.39. The van der Waals surface area contributed by atoms with E-state index in [-0.39, 0.29) is 5.91 Å². The summed E-state index contributed by atoms with van der Waals surface area (Å²) in [7, 11) is 0. The van der Waals surface area contributed by atoms with Crippen LogP contribution in [0.2, 0.25) is 0 Å². The van der Waals surface area contributed by atoms with Gasteiger partial charge >= 0.3 is 0 Å². The van der Waals surface area contributed by atoms with Crippen molar-refractivity contribution in [2.75, 3.05) is 10.6 Å². The molecule has 2 aromatic carbocycles. The Morgan fingerprint density at radius 1 is 1.08 bits per heavy atom. The number of nitrogens with zero attached hydrogens (tertiary/aromatic N) is 3. The molecule has 0 aliphatic heterocycles. The smallest absolute Gasteiger partial charge is 0.221 e. The number of aromatic nitrogens is 3. The molecule has 4 rings (SSSR count). The molecule has 0 saturated heterocycles. The van der Waals surface area contributed by atoms with Crippen LogP contribution in [-0.4, -0.2) is 20.3 Å². The standard InChI is InChI=1S/C20H19N5O/c1-12-5-4-6-13(2)19(12)24-20-18-10-21-11-25(18)17-9-15(22-14(3)26)7-8-16(17)23-20/h4-11H,1-3H3,(H,22,26)(H,23,24). The van der Waals surface area contributed by atoms with E-state index in [1.165, 1.54) is 6.92 Å². The van der Waals surface area contributed by atoms with Crippen molar-refractivity contribution in [1.29, 1.82) is 0 Å². The molecule has 2 N–H and O–H groups in total. The van der Waals surface area contributed by atoms with Crippen LogP contribution in [0.5, 0.6) is 0 Å². The number of amides is 1. The fourth-order valence-corrected chi connectivity index (χ4v) is 3.15. The van der Waals surface area contributed by atoms with E-state index in [0.717, 1.165) is 44.9 Å². The fourth-order valence-electron chi connectivity index (χ4n) is 3.15. The second-order valence-corrected chi connectivity index (χ2v) is 6.39. The Balaban J connectivity index is 1.88. The molecule has 0 atom stereocenters. The van der Waals surface area contributed by atoms with E-state index in [0.29, 0.717) is 0 Å². The first kappa shape index (κ1) is 16.1. The molecule has 6 nitrogen and oxygen atoms in total. The lowest BCUT2D eigenvalue weighted by Gasteiger charge is -2.14. The molecular formula is C20H19N5O. The normalized spacial score (nSPS) is 11.0. The summed E-state index contributed by atoms with van der Waals surface area (Å²) < 4.78 is 1.98. The predicted molar refractivity (Wildman–Crippen MR) is 104 cm³/mol. The third kappa shape index (κ3) is 2.75. The van der Waals surface area contributed by atoms with Crippen LogP contribution in [0.25, 0.3) is 16.6 Å². The lowest BCUT2D eigenvalue weighted by Crippen LogP contribution is -2.06. The summed E-state index contributed by atoms with van der Waals surface area (Å²) in [5.41, 5.74) is 6.68. The monoisotopic (exact) mass is 345 g/mol. The molecule has 130 valence electrons. The zero-order valence-electron chi connectivity index (χ0n) is 14.9. The Morgan fingerprint density at radius 3 is 2.58 bits per heavy atom. The molecule has 2 aromatic heterocycles. The maximum Gasteiger partial charge on any atom is 0.221 e. The molecule has 1 amide bonds. The Hall–Kier alpha value is -3.41. The molecule has 0 bridgehead atoms. The molecule has 0 aliphatic rings. The molecule has 0 spiro atoms. The third-order valence-corrected chi connectivity index (χ3v) is 4.39. The molecule has 0 saturated carbocycles. The zero-order chi connectivity index (χ0) is 18.3. The summed E-state index contributed by atoms with van der Waals surface area (Å²) in [6.45, 7) is 5.64. The summed E-state index contributed by atoms with van der Waals surface area (Å²) in [5.74, 6) is 0.646. The second-order valence-electron chi connectivity index (χ2n) is 6.39. The predicted octanol–water partition coefficient (Wildman–Crippen LogP) is 4.20. The van der Waals surface area contributed by atoms with Crippen LogP contribution in [0.3, 0.4) is 0 Å². The number of aryl methyl sites for hydroxylation is 2. The lowest BCUT2D eigenvalue weighted by atomic mass is 10.1. The Bertz CT molecular complexity index is 1130. The number of anilines is 3. The number of nitrogens with one attached hydrogen (secondary N) is 2. The van der Waals surface area contributed by atoms with Crippen molar-refractivity contribution in [1.82, 2.24) is 14.4 Å². The number of imidazole rings is 1. The largest absolute Gasteiger partial charge is 0.338 e. The summed E-state index contributed by atoms with van der Waals surface area (Å²) in [5, 5.41) is 6.27. The van der Waals surface area contributed by atoms with Crippen LogP contribution in [0, 0.1) is 13.8 Å². The highest BCUT2D eigenvalue weighted by molar-refractivity contribution is 5.93. The van der Waals surface area contributed by atoms with Gasteiger partial charge in [-0.3, -0.25) is 9.20 Å². The summed E-state index contributed by atoms with van der Waals surface area (Å²) in [4.78, 5) is 20.4. The van der Waals surface area contributed by atoms with Crippen molar-refractivity contribution in [3.8, 4) is 0 Å². The number of hydrogen-bond acceptors (Lipinski definition) is 4. The molecule has 0 aliphatic carbocycles. The van der Waals surface area contributed by atoms with E-state index in [4.69, 9.17) is 4.98 Å². The molecule has 2 heterocycles. The quantitative estimate of drug-likeness (QED) is 0.584. The number of rotatable bonds is 3. The van der Waals surface area contributed by atoms with Gasteiger partial charge in [-0.25, -0.2) is 9.97 Å². The first-order valence-electron chi connectivity index (χ1n) is 8.39. The van der Waals surface area contributed by atoms with Gasteiger partial charge in [-0.05, 0) is 43.2 Å². The topological polar surface area (TPSA) is 71.3 Å². The van der Waals surface area contributed by atoms with Crippen molar-refractivity contribution in [2.45, 2.75) is 20.8 Å². The van der Waals surface area contributed by atoms with Crippen molar-refractivity contribution in [3.05, 3.63) is 60.0 Å². The number of para-hydroxylation sites is 1. The molecule has 4 aromatic rings. The van der Waals surface area contributed by atoms with Crippen molar-refractivity contribution < 1.29 is 4.79 Å².